The lowest BCUT2D eigenvalue weighted by Gasteiger charge is -2.18. The van der Waals surface area contributed by atoms with Gasteiger partial charge >= 0.3 is 6.03 Å². The van der Waals surface area contributed by atoms with E-state index in [9.17, 15) is 9.18 Å². The molecule has 4 nitrogen and oxygen atoms in total. The Kier molecular flexibility index (Phi) is 5.36. The van der Waals surface area contributed by atoms with Gasteiger partial charge in [-0.05, 0) is 36.8 Å². The summed E-state index contributed by atoms with van der Waals surface area (Å²) in [6.07, 6.45) is 0. The van der Waals surface area contributed by atoms with E-state index in [0.29, 0.717) is 13.2 Å². The van der Waals surface area contributed by atoms with Crippen LogP contribution in [0.3, 0.4) is 0 Å². The molecule has 0 saturated heterocycles. The van der Waals surface area contributed by atoms with Crippen LogP contribution in [-0.2, 0) is 6.54 Å². The molecule has 0 unspecified atom stereocenters. The fraction of sp³-hybridized carbons (Fsp3) is 0.235. The molecular weight excluding hydrogens is 283 g/mol. The molecule has 5 heteroatoms. The molecule has 2 rings (SSSR count). The third-order valence-electron chi connectivity index (χ3n) is 3.12. The average molecular weight is 302 g/mol. The van der Waals surface area contributed by atoms with Crippen molar-refractivity contribution < 1.29 is 13.9 Å². The Bertz CT molecular complexity index is 629. The molecule has 0 aliphatic rings. The van der Waals surface area contributed by atoms with Crippen LogP contribution in [0.15, 0.2) is 48.5 Å². The number of carbonyl (C=O) groups is 1. The lowest BCUT2D eigenvalue weighted by molar-refractivity contribution is 0.220. The number of amides is 2. The summed E-state index contributed by atoms with van der Waals surface area (Å²) >= 11 is 0. The zero-order chi connectivity index (χ0) is 15.9. The summed E-state index contributed by atoms with van der Waals surface area (Å²) in [4.78, 5) is 13.6. The van der Waals surface area contributed by atoms with Crippen LogP contribution in [0.25, 0.3) is 0 Å². The number of rotatable bonds is 5. The number of hydrogen-bond donors (Lipinski definition) is 1. The Morgan fingerprint density at radius 3 is 2.50 bits per heavy atom. The maximum atomic E-state index is 13.5. The van der Waals surface area contributed by atoms with E-state index in [4.69, 9.17) is 4.74 Å². The van der Waals surface area contributed by atoms with E-state index in [-0.39, 0.29) is 11.7 Å². The maximum absolute atomic E-state index is 13.5. The number of hydrogen-bond acceptors (Lipinski definition) is 2. The van der Waals surface area contributed by atoms with Crippen LogP contribution in [0, 0.1) is 5.82 Å². The highest BCUT2D eigenvalue weighted by Gasteiger charge is 2.11. The van der Waals surface area contributed by atoms with E-state index < -0.39 is 5.82 Å². The van der Waals surface area contributed by atoms with Gasteiger partial charge in [0, 0.05) is 13.6 Å². The number of benzene rings is 2. The first-order valence-corrected chi connectivity index (χ1v) is 7.08. The molecule has 2 amide bonds. The molecule has 0 bridgehead atoms. The first-order chi connectivity index (χ1) is 10.6. The van der Waals surface area contributed by atoms with Gasteiger partial charge in [-0.3, -0.25) is 0 Å². The Balaban J connectivity index is 1.95. The maximum Gasteiger partial charge on any atom is 0.321 e. The van der Waals surface area contributed by atoms with Gasteiger partial charge < -0.3 is 15.0 Å². The summed E-state index contributed by atoms with van der Waals surface area (Å²) in [6.45, 7) is 2.96. The summed E-state index contributed by atoms with van der Waals surface area (Å²) in [7, 11) is 1.66. The smallest absolute Gasteiger partial charge is 0.321 e. The van der Waals surface area contributed by atoms with Crippen molar-refractivity contribution in [2.75, 3.05) is 19.0 Å². The van der Waals surface area contributed by atoms with Gasteiger partial charge in [-0.2, -0.15) is 0 Å². The molecule has 2 aromatic rings. The van der Waals surface area contributed by atoms with E-state index in [2.05, 4.69) is 5.32 Å². The van der Waals surface area contributed by atoms with Gasteiger partial charge in [0.05, 0.1) is 12.3 Å². The standard InChI is InChI=1S/C17H19FN2O2/c1-3-22-14-10-8-13(9-11-14)12-20(2)17(21)19-16-7-5-4-6-15(16)18/h4-11H,3,12H2,1-2H3,(H,19,21). The Morgan fingerprint density at radius 2 is 1.86 bits per heavy atom. The minimum absolute atomic E-state index is 0.172. The van der Waals surface area contributed by atoms with Gasteiger partial charge in [-0.15, -0.1) is 0 Å². The number of urea groups is 1. The van der Waals surface area contributed by atoms with Crippen molar-refractivity contribution in [3.05, 3.63) is 59.9 Å². The zero-order valence-corrected chi connectivity index (χ0v) is 12.7. The number of carbonyl (C=O) groups excluding carboxylic acids is 1. The molecule has 22 heavy (non-hydrogen) atoms. The topological polar surface area (TPSA) is 41.6 Å². The van der Waals surface area contributed by atoms with E-state index >= 15 is 0 Å². The molecule has 0 spiro atoms. The molecule has 0 aromatic heterocycles. The van der Waals surface area contributed by atoms with Crippen molar-refractivity contribution >= 4 is 11.7 Å². The predicted molar refractivity (Wildman–Crippen MR) is 84.5 cm³/mol. The molecule has 0 aliphatic heterocycles. The first-order valence-electron chi connectivity index (χ1n) is 7.08. The number of nitrogens with zero attached hydrogens (tertiary/aromatic N) is 1. The molecular formula is C17H19FN2O2. The summed E-state index contributed by atoms with van der Waals surface area (Å²) in [5, 5.41) is 2.55. The largest absolute Gasteiger partial charge is 0.494 e. The van der Waals surface area contributed by atoms with Crippen LogP contribution in [0.2, 0.25) is 0 Å². The second-order valence-electron chi connectivity index (χ2n) is 4.84. The second kappa shape index (κ2) is 7.45. The molecule has 0 heterocycles. The van der Waals surface area contributed by atoms with Crippen molar-refractivity contribution in [2.45, 2.75) is 13.5 Å². The highest BCUT2D eigenvalue weighted by Crippen LogP contribution is 2.15. The van der Waals surface area contributed by atoms with Gasteiger partial charge in [0.1, 0.15) is 11.6 Å². The first kappa shape index (κ1) is 15.8. The highest BCUT2D eigenvalue weighted by molar-refractivity contribution is 5.89. The number of halogens is 1. The lowest BCUT2D eigenvalue weighted by atomic mass is 10.2. The molecule has 1 N–H and O–H groups in total. The van der Waals surface area contributed by atoms with Crippen LogP contribution >= 0.6 is 0 Å². The van der Waals surface area contributed by atoms with Gasteiger partial charge in [0.15, 0.2) is 0 Å². The molecule has 2 aromatic carbocycles. The Morgan fingerprint density at radius 1 is 1.18 bits per heavy atom. The van der Waals surface area contributed by atoms with Gasteiger partial charge in [0.2, 0.25) is 0 Å². The fourth-order valence-corrected chi connectivity index (χ4v) is 1.98. The average Bonchev–Trinajstić information content (AvgIpc) is 2.51. The normalized spacial score (nSPS) is 10.1. The minimum atomic E-state index is -0.453. The third kappa shape index (κ3) is 4.22. The number of ether oxygens (including phenoxy) is 1. The van der Waals surface area contributed by atoms with Crippen molar-refractivity contribution in [2.24, 2.45) is 0 Å². The highest BCUT2D eigenvalue weighted by atomic mass is 19.1. The van der Waals surface area contributed by atoms with Gasteiger partial charge in [0.25, 0.3) is 0 Å². The number of nitrogens with one attached hydrogen (secondary N) is 1. The van der Waals surface area contributed by atoms with E-state index in [0.717, 1.165) is 11.3 Å². The van der Waals surface area contributed by atoms with Crippen LogP contribution in [-0.4, -0.2) is 24.6 Å². The SMILES string of the molecule is CCOc1ccc(CN(C)C(=O)Nc2ccccc2F)cc1. The fourth-order valence-electron chi connectivity index (χ4n) is 1.98. The summed E-state index contributed by atoms with van der Waals surface area (Å²) in [6, 6.07) is 13.2. The molecule has 0 radical (unpaired) electrons. The molecule has 116 valence electrons. The predicted octanol–water partition coefficient (Wildman–Crippen LogP) is 3.89. The second-order valence-corrected chi connectivity index (χ2v) is 4.84. The van der Waals surface area contributed by atoms with Crippen molar-refractivity contribution in [3.8, 4) is 5.75 Å². The van der Waals surface area contributed by atoms with Gasteiger partial charge in [-0.25, -0.2) is 9.18 Å². The monoisotopic (exact) mass is 302 g/mol. The van der Waals surface area contributed by atoms with E-state index in [1.54, 1.807) is 19.2 Å². The number of para-hydroxylation sites is 1. The summed E-state index contributed by atoms with van der Waals surface area (Å²) < 4.78 is 18.9. The number of anilines is 1. The van der Waals surface area contributed by atoms with Crippen LogP contribution < -0.4 is 10.1 Å². The van der Waals surface area contributed by atoms with Crippen molar-refractivity contribution in [3.63, 3.8) is 0 Å². The molecule has 0 fully saturated rings. The third-order valence-corrected chi connectivity index (χ3v) is 3.12. The van der Waals surface area contributed by atoms with Crippen LogP contribution in [0.5, 0.6) is 5.75 Å². The quantitative estimate of drug-likeness (QED) is 0.910. The van der Waals surface area contributed by atoms with E-state index in [1.165, 1.54) is 17.0 Å². The zero-order valence-electron chi connectivity index (χ0n) is 12.7. The molecule has 0 atom stereocenters. The van der Waals surface area contributed by atoms with E-state index in [1.807, 2.05) is 31.2 Å². The van der Waals surface area contributed by atoms with Crippen LogP contribution in [0.4, 0.5) is 14.9 Å². The Labute approximate surface area is 129 Å². The van der Waals surface area contributed by atoms with Gasteiger partial charge in [-0.1, -0.05) is 24.3 Å². The van der Waals surface area contributed by atoms with Crippen molar-refractivity contribution in [1.82, 2.24) is 4.90 Å². The molecule has 0 aliphatic carbocycles. The van der Waals surface area contributed by atoms with Crippen molar-refractivity contribution in [1.29, 1.82) is 0 Å². The lowest BCUT2D eigenvalue weighted by Crippen LogP contribution is -2.31. The summed E-state index contributed by atoms with van der Waals surface area (Å²) in [5.74, 6) is 0.343. The van der Waals surface area contributed by atoms with Crippen LogP contribution in [0.1, 0.15) is 12.5 Å². The Hall–Kier alpha value is -2.56. The minimum Gasteiger partial charge on any atom is -0.494 e. The summed E-state index contributed by atoms with van der Waals surface area (Å²) in [5.41, 5.74) is 1.14. The molecule has 0 saturated carbocycles.